The van der Waals surface area contributed by atoms with Gasteiger partial charge in [0.2, 0.25) is 5.95 Å². The van der Waals surface area contributed by atoms with Crippen molar-refractivity contribution in [2.75, 3.05) is 43.5 Å². The van der Waals surface area contributed by atoms with E-state index in [-0.39, 0.29) is 5.91 Å². The number of rotatable bonds is 5. The quantitative estimate of drug-likeness (QED) is 0.499. The average Bonchev–Trinajstić information content (AvgIpc) is 3.47. The zero-order valence-electron chi connectivity index (χ0n) is 17.9. The fraction of sp³-hybridized carbons (Fsp3) is 0.273. The van der Waals surface area contributed by atoms with Crippen LogP contribution in [-0.4, -0.2) is 68.9 Å². The monoisotopic (exact) mass is 432 g/mol. The second-order valence-corrected chi connectivity index (χ2v) is 7.67. The Kier molecular flexibility index (Phi) is 5.10. The molecule has 5 rings (SSSR count). The number of carbonyl (C=O) groups is 1. The third kappa shape index (κ3) is 3.82. The first-order chi connectivity index (χ1) is 15.6. The van der Waals surface area contributed by atoms with E-state index in [1.165, 1.54) is 0 Å². The lowest BCUT2D eigenvalue weighted by Crippen LogP contribution is -2.49. The zero-order valence-corrected chi connectivity index (χ0v) is 17.9. The summed E-state index contributed by atoms with van der Waals surface area (Å²) in [5.74, 6) is 2.75. The van der Waals surface area contributed by atoms with Gasteiger partial charge in [-0.05, 0) is 43.3 Å². The fourth-order valence-electron chi connectivity index (χ4n) is 3.78. The van der Waals surface area contributed by atoms with E-state index in [0.29, 0.717) is 49.3 Å². The standard InChI is InChI=1S/C22H24N8O2/c1-15-14-19(26-25-15)23-20-18-4-3-9-30(18)27-22(24-20)29-12-10-28(11-13-29)21(31)16-5-7-17(32-2)8-6-16/h3-9,14H,10-13H2,1-2H3,(H2,23,24,25,26,27). The molecule has 0 atom stereocenters. The number of methoxy groups -OCH3 is 1. The lowest BCUT2D eigenvalue weighted by molar-refractivity contribution is 0.0746. The number of aryl methyl sites for hydroxylation is 1. The van der Waals surface area contributed by atoms with Crippen LogP contribution >= 0.6 is 0 Å². The maximum Gasteiger partial charge on any atom is 0.253 e. The van der Waals surface area contributed by atoms with E-state index in [4.69, 9.17) is 9.72 Å². The molecule has 10 nitrogen and oxygen atoms in total. The van der Waals surface area contributed by atoms with Gasteiger partial charge in [0.15, 0.2) is 11.6 Å². The smallest absolute Gasteiger partial charge is 0.253 e. The van der Waals surface area contributed by atoms with Crippen molar-refractivity contribution in [1.29, 1.82) is 0 Å². The normalized spacial score (nSPS) is 14.1. The first-order valence-corrected chi connectivity index (χ1v) is 10.4. The molecule has 3 aromatic heterocycles. The fourth-order valence-corrected chi connectivity index (χ4v) is 3.78. The molecule has 1 saturated heterocycles. The van der Waals surface area contributed by atoms with Crippen LogP contribution in [0.5, 0.6) is 5.75 Å². The van der Waals surface area contributed by atoms with Gasteiger partial charge in [0.05, 0.1) is 7.11 Å². The topological polar surface area (TPSA) is 104 Å². The molecule has 1 aliphatic heterocycles. The van der Waals surface area contributed by atoms with Gasteiger partial charge >= 0.3 is 0 Å². The summed E-state index contributed by atoms with van der Waals surface area (Å²) in [6.45, 7) is 4.44. The van der Waals surface area contributed by atoms with Gasteiger partial charge in [-0.3, -0.25) is 9.89 Å². The number of nitrogens with zero attached hydrogens (tertiary/aromatic N) is 6. The summed E-state index contributed by atoms with van der Waals surface area (Å²) in [5, 5.41) is 15.1. The van der Waals surface area contributed by atoms with Gasteiger partial charge < -0.3 is 19.9 Å². The lowest BCUT2D eigenvalue weighted by Gasteiger charge is -2.34. The van der Waals surface area contributed by atoms with Gasteiger partial charge in [-0.2, -0.15) is 10.1 Å². The molecule has 1 aromatic carbocycles. The van der Waals surface area contributed by atoms with E-state index in [1.807, 2.05) is 36.2 Å². The average molecular weight is 432 g/mol. The van der Waals surface area contributed by atoms with E-state index in [2.05, 4.69) is 25.5 Å². The minimum Gasteiger partial charge on any atom is -0.497 e. The molecule has 4 aromatic rings. The SMILES string of the molecule is COc1ccc(C(=O)N2CCN(c3nc(Nc4cc(C)[nH]n4)c4cccn4n3)CC2)cc1. The molecule has 0 aliphatic carbocycles. The van der Waals surface area contributed by atoms with Gasteiger partial charge in [-0.1, -0.05) is 0 Å². The van der Waals surface area contributed by atoms with Crippen molar-refractivity contribution in [3.05, 3.63) is 59.9 Å². The number of hydrogen-bond acceptors (Lipinski definition) is 7. The van der Waals surface area contributed by atoms with Gasteiger partial charge in [0.25, 0.3) is 5.91 Å². The van der Waals surface area contributed by atoms with Gasteiger partial charge in [-0.25, -0.2) is 4.52 Å². The summed E-state index contributed by atoms with van der Waals surface area (Å²) >= 11 is 0. The molecule has 0 spiro atoms. The van der Waals surface area contributed by atoms with E-state index >= 15 is 0 Å². The minimum atomic E-state index is 0.0188. The molecule has 10 heteroatoms. The Balaban J connectivity index is 1.31. The molecule has 164 valence electrons. The Morgan fingerprint density at radius 1 is 1.12 bits per heavy atom. The molecule has 1 fully saturated rings. The van der Waals surface area contributed by atoms with Crippen LogP contribution in [0, 0.1) is 6.92 Å². The molecule has 4 heterocycles. The summed E-state index contributed by atoms with van der Waals surface area (Å²) < 4.78 is 6.98. The van der Waals surface area contributed by atoms with Crippen LogP contribution in [0.2, 0.25) is 0 Å². The zero-order chi connectivity index (χ0) is 22.1. The van der Waals surface area contributed by atoms with E-state index in [0.717, 1.165) is 17.0 Å². The molecule has 32 heavy (non-hydrogen) atoms. The van der Waals surface area contributed by atoms with Gasteiger partial charge in [0, 0.05) is 49.7 Å². The first-order valence-electron chi connectivity index (χ1n) is 10.4. The van der Waals surface area contributed by atoms with Crippen LogP contribution in [0.15, 0.2) is 48.7 Å². The maximum atomic E-state index is 12.9. The van der Waals surface area contributed by atoms with Crippen LogP contribution in [-0.2, 0) is 0 Å². The summed E-state index contributed by atoms with van der Waals surface area (Å²) in [6.07, 6.45) is 1.89. The Labute approximate surface area is 184 Å². The number of anilines is 3. The van der Waals surface area contributed by atoms with E-state index in [1.54, 1.807) is 35.9 Å². The van der Waals surface area contributed by atoms with Crippen LogP contribution in [0.1, 0.15) is 16.1 Å². The molecule has 0 unspecified atom stereocenters. The second-order valence-electron chi connectivity index (χ2n) is 7.67. The number of H-pyrrole nitrogens is 1. The predicted molar refractivity (Wildman–Crippen MR) is 121 cm³/mol. The third-order valence-corrected chi connectivity index (χ3v) is 5.52. The lowest BCUT2D eigenvalue weighted by atomic mass is 10.1. The predicted octanol–water partition coefficient (Wildman–Crippen LogP) is 2.48. The number of amides is 1. The van der Waals surface area contributed by atoms with Crippen LogP contribution in [0.25, 0.3) is 5.52 Å². The maximum absolute atomic E-state index is 12.9. The molecule has 0 radical (unpaired) electrons. The molecular formula is C22H24N8O2. The molecule has 2 N–H and O–H groups in total. The molecular weight excluding hydrogens is 408 g/mol. The number of carbonyl (C=O) groups excluding carboxylic acids is 1. The number of hydrogen-bond donors (Lipinski definition) is 2. The van der Waals surface area contributed by atoms with Crippen molar-refractivity contribution in [2.24, 2.45) is 0 Å². The van der Waals surface area contributed by atoms with Crippen LogP contribution < -0.4 is 15.0 Å². The highest BCUT2D eigenvalue weighted by molar-refractivity contribution is 5.94. The highest BCUT2D eigenvalue weighted by atomic mass is 16.5. The number of aromatic nitrogens is 5. The summed E-state index contributed by atoms with van der Waals surface area (Å²) in [6, 6.07) is 13.0. The van der Waals surface area contributed by atoms with Crippen molar-refractivity contribution in [3.63, 3.8) is 0 Å². The molecule has 1 aliphatic rings. The Morgan fingerprint density at radius 3 is 2.59 bits per heavy atom. The number of fused-ring (bicyclic) bond motifs is 1. The minimum absolute atomic E-state index is 0.0188. The Hall–Kier alpha value is -4.08. The number of ether oxygens (including phenoxy) is 1. The third-order valence-electron chi connectivity index (χ3n) is 5.52. The summed E-state index contributed by atoms with van der Waals surface area (Å²) in [7, 11) is 1.61. The number of aromatic amines is 1. The number of nitrogens with one attached hydrogen (secondary N) is 2. The van der Waals surface area contributed by atoms with E-state index in [9.17, 15) is 4.79 Å². The van der Waals surface area contributed by atoms with Crippen molar-refractivity contribution in [2.45, 2.75) is 6.92 Å². The molecule has 1 amide bonds. The largest absolute Gasteiger partial charge is 0.497 e. The second kappa shape index (κ2) is 8.22. The Morgan fingerprint density at radius 2 is 1.91 bits per heavy atom. The first kappa shape index (κ1) is 19.9. The van der Waals surface area contributed by atoms with Crippen molar-refractivity contribution < 1.29 is 9.53 Å². The van der Waals surface area contributed by atoms with Crippen LogP contribution in [0.4, 0.5) is 17.6 Å². The highest BCUT2D eigenvalue weighted by Crippen LogP contribution is 2.23. The Bertz CT molecular complexity index is 1240. The van der Waals surface area contributed by atoms with Crippen molar-refractivity contribution in [1.82, 2.24) is 29.7 Å². The van der Waals surface area contributed by atoms with Gasteiger partial charge in [0.1, 0.15) is 11.3 Å². The van der Waals surface area contributed by atoms with Crippen molar-refractivity contribution in [3.8, 4) is 5.75 Å². The number of benzene rings is 1. The molecule has 0 bridgehead atoms. The van der Waals surface area contributed by atoms with Gasteiger partial charge in [-0.15, -0.1) is 5.10 Å². The summed E-state index contributed by atoms with van der Waals surface area (Å²) in [4.78, 5) is 21.6. The molecule has 0 saturated carbocycles. The summed E-state index contributed by atoms with van der Waals surface area (Å²) in [5.41, 5.74) is 2.48. The van der Waals surface area contributed by atoms with Crippen LogP contribution in [0.3, 0.4) is 0 Å². The van der Waals surface area contributed by atoms with Crippen molar-refractivity contribution >= 4 is 29.0 Å². The van der Waals surface area contributed by atoms with E-state index < -0.39 is 0 Å². The number of piperazine rings is 1. The highest BCUT2D eigenvalue weighted by Gasteiger charge is 2.24.